The zero-order valence-electron chi connectivity index (χ0n) is 34.5. The van der Waals surface area contributed by atoms with Gasteiger partial charge in [0.2, 0.25) is 0 Å². The minimum absolute atomic E-state index is 0.874. The third kappa shape index (κ3) is 5.23. The molecule has 0 N–H and O–H groups in total. The van der Waals surface area contributed by atoms with Crippen molar-refractivity contribution in [1.29, 1.82) is 0 Å². The fraction of sp³-hybridized carbons (Fsp3) is 0. The lowest BCUT2D eigenvalue weighted by Gasteiger charge is -2.09. The molecule has 0 unspecified atom stereocenters. The molecule has 14 rings (SSSR count). The number of para-hydroxylation sites is 3. The summed E-state index contributed by atoms with van der Waals surface area (Å²) in [5.74, 6) is 0. The van der Waals surface area contributed by atoms with Crippen LogP contribution in [0.4, 0.5) is 0 Å². The van der Waals surface area contributed by atoms with E-state index < -0.39 is 0 Å². The number of hydrogen-bond acceptors (Lipinski definition) is 2. The van der Waals surface area contributed by atoms with Crippen molar-refractivity contribution in [3.05, 3.63) is 218 Å². The van der Waals surface area contributed by atoms with Gasteiger partial charge >= 0.3 is 0 Å². The van der Waals surface area contributed by atoms with Crippen LogP contribution in [0.25, 0.3) is 132 Å². The fourth-order valence-electron chi connectivity index (χ4n) is 10.3. The Morgan fingerprint density at radius 1 is 0.219 bits per heavy atom. The summed E-state index contributed by atoms with van der Waals surface area (Å²) in [6.45, 7) is 0. The van der Waals surface area contributed by atoms with Crippen molar-refractivity contribution in [3.63, 3.8) is 0 Å². The molecule has 0 radical (unpaired) electrons. The monoisotopic (exact) mass is 816 g/mol. The first-order chi connectivity index (χ1) is 31.7. The summed E-state index contributed by atoms with van der Waals surface area (Å²) >= 11 is 0. The number of hydrogen-bond donors (Lipinski definition) is 0. The van der Waals surface area contributed by atoms with Gasteiger partial charge in [0.05, 0.1) is 22.1 Å². The molecule has 4 nitrogen and oxygen atoms in total. The highest BCUT2D eigenvalue weighted by atomic mass is 16.3. The van der Waals surface area contributed by atoms with Crippen LogP contribution in [-0.4, -0.2) is 9.13 Å². The Morgan fingerprint density at radius 3 is 1.11 bits per heavy atom. The van der Waals surface area contributed by atoms with E-state index in [-0.39, 0.29) is 0 Å². The first-order valence-corrected chi connectivity index (χ1v) is 21.8. The molecule has 0 fully saturated rings. The van der Waals surface area contributed by atoms with E-state index in [0.717, 1.165) is 77.5 Å². The van der Waals surface area contributed by atoms with Crippen LogP contribution in [0.3, 0.4) is 0 Å². The number of aromatic nitrogens is 2. The smallest absolute Gasteiger partial charge is 0.135 e. The number of rotatable bonds is 5. The maximum Gasteiger partial charge on any atom is 0.135 e. The van der Waals surface area contributed by atoms with E-state index in [1.807, 2.05) is 0 Å². The lowest BCUT2D eigenvalue weighted by Crippen LogP contribution is -1.93. The van der Waals surface area contributed by atoms with E-state index in [0.29, 0.717) is 0 Å². The fourth-order valence-corrected chi connectivity index (χ4v) is 10.3. The highest BCUT2D eigenvalue weighted by Gasteiger charge is 2.18. The maximum atomic E-state index is 6.47. The largest absolute Gasteiger partial charge is 0.456 e. The molecule has 64 heavy (non-hydrogen) atoms. The van der Waals surface area contributed by atoms with E-state index in [1.165, 1.54) is 54.7 Å². The quantitative estimate of drug-likeness (QED) is 0.173. The average Bonchev–Trinajstić information content (AvgIpc) is 4.11. The van der Waals surface area contributed by atoms with Crippen LogP contribution in [0.2, 0.25) is 0 Å². The summed E-state index contributed by atoms with van der Waals surface area (Å²) in [6.07, 6.45) is 0. The van der Waals surface area contributed by atoms with Crippen molar-refractivity contribution < 1.29 is 8.83 Å². The molecular weight excluding hydrogens is 781 g/mol. The molecule has 0 aliphatic carbocycles. The van der Waals surface area contributed by atoms with Crippen LogP contribution >= 0.6 is 0 Å². The molecule has 0 saturated heterocycles. The van der Waals surface area contributed by atoms with Gasteiger partial charge in [-0.25, -0.2) is 0 Å². The van der Waals surface area contributed by atoms with Gasteiger partial charge in [-0.15, -0.1) is 0 Å². The first-order valence-electron chi connectivity index (χ1n) is 21.8. The van der Waals surface area contributed by atoms with Crippen LogP contribution in [0.5, 0.6) is 0 Å². The molecule has 0 aliphatic rings. The molecule has 14 aromatic rings. The maximum absolute atomic E-state index is 6.47. The Hall–Kier alpha value is -8.60. The zero-order chi connectivity index (χ0) is 41.9. The van der Waals surface area contributed by atoms with Crippen molar-refractivity contribution >= 4 is 87.5 Å². The number of nitrogens with zero attached hydrogens (tertiary/aromatic N) is 2. The minimum Gasteiger partial charge on any atom is -0.456 e. The molecule has 0 saturated carbocycles. The van der Waals surface area contributed by atoms with Gasteiger partial charge in [0.15, 0.2) is 0 Å². The summed E-state index contributed by atoms with van der Waals surface area (Å²) in [4.78, 5) is 0. The van der Waals surface area contributed by atoms with Crippen LogP contribution in [0, 0.1) is 0 Å². The SMILES string of the molecule is c1ccc(-c2ccc3c(c2)c2ccccc2n3-c2ccc3oc4ccc(-c5cccc(-c6ccc7oc8ccc(-n9c%10ccccc%10c%10ccccc%109)cc8c7c6)c5)cc4c3c2)cc1. The lowest BCUT2D eigenvalue weighted by atomic mass is 9.97. The summed E-state index contributed by atoms with van der Waals surface area (Å²) < 4.78 is 17.6. The van der Waals surface area contributed by atoms with Crippen molar-refractivity contribution in [1.82, 2.24) is 9.13 Å². The lowest BCUT2D eigenvalue weighted by molar-refractivity contribution is 0.668. The van der Waals surface area contributed by atoms with E-state index in [2.05, 4.69) is 228 Å². The molecule has 4 aromatic heterocycles. The van der Waals surface area contributed by atoms with Crippen molar-refractivity contribution in [3.8, 4) is 44.8 Å². The van der Waals surface area contributed by atoms with E-state index >= 15 is 0 Å². The summed E-state index contributed by atoms with van der Waals surface area (Å²) in [6, 6.07) is 78.5. The highest BCUT2D eigenvalue weighted by Crippen LogP contribution is 2.40. The van der Waals surface area contributed by atoms with E-state index in [9.17, 15) is 0 Å². The van der Waals surface area contributed by atoms with Crippen LogP contribution in [0.15, 0.2) is 227 Å². The Kier molecular flexibility index (Phi) is 7.36. The molecule has 4 heteroatoms. The van der Waals surface area contributed by atoms with Crippen LogP contribution < -0.4 is 0 Å². The summed E-state index contributed by atoms with van der Waals surface area (Å²) in [7, 11) is 0. The van der Waals surface area contributed by atoms with Gasteiger partial charge in [0, 0.05) is 54.5 Å². The number of fused-ring (bicyclic) bond motifs is 12. The van der Waals surface area contributed by atoms with Gasteiger partial charge in [-0.2, -0.15) is 0 Å². The summed E-state index contributed by atoms with van der Waals surface area (Å²) in [5, 5.41) is 9.36. The topological polar surface area (TPSA) is 36.1 Å². The molecule has 0 amide bonds. The molecule has 4 heterocycles. The molecule has 0 spiro atoms. The van der Waals surface area contributed by atoms with Gasteiger partial charge in [-0.05, 0) is 130 Å². The number of benzene rings is 10. The Morgan fingerprint density at radius 2 is 0.578 bits per heavy atom. The normalized spacial score (nSPS) is 12.1. The second-order valence-electron chi connectivity index (χ2n) is 16.9. The van der Waals surface area contributed by atoms with E-state index in [4.69, 9.17) is 8.83 Å². The average molecular weight is 817 g/mol. The Bertz CT molecular complexity index is 4140. The molecule has 0 aliphatic heterocycles. The third-order valence-corrected chi connectivity index (χ3v) is 13.3. The first kappa shape index (κ1) is 35.0. The predicted octanol–water partition coefficient (Wildman–Crippen LogP) is 16.7. The van der Waals surface area contributed by atoms with Crippen LogP contribution in [0.1, 0.15) is 0 Å². The van der Waals surface area contributed by atoms with Gasteiger partial charge in [0.1, 0.15) is 22.3 Å². The second kappa shape index (κ2) is 13.4. The van der Waals surface area contributed by atoms with E-state index in [1.54, 1.807) is 0 Å². The zero-order valence-corrected chi connectivity index (χ0v) is 34.5. The Labute approximate surface area is 367 Å². The van der Waals surface area contributed by atoms with Crippen molar-refractivity contribution in [2.75, 3.05) is 0 Å². The van der Waals surface area contributed by atoms with Gasteiger partial charge in [0.25, 0.3) is 0 Å². The molecular formula is C60H36N2O2. The van der Waals surface area contributed by atoms with Gasteiger partial charge in [-0.1, -0.05) is 121 Å². The van der Waals surface area contributed by atoms with Crippen LogP contribution in [-0.2, 0) is 0 Å². The second-order valence-corrected chi connectivity index (χ2v) is 16.9. The summed E-state index contributed by atoms with van der Waals surface area (Å²) in [5.41, 5.74) is 17.5. The Balaban J connectivity index is 0.854. The van der Waals surface area contributed by atoms with Crippen molar-refractivity contribution in [2.24, 2.45) is 0 Å². The molecule has 0 atom stereocenters. The highest BCUT2D eigenvalue weighted by molar-refractivity contribution is 6.13. The standard InChI is InChI=1S/C60H36N2O2/c1-2-11-37(12-3-1)40-21-26-56-48(32-40)47-17-6-9-20-55(47)62(56)44-25-30-60-52(36-44)50-34-42(23-28-58(50)64-60)39-14-10-13-38(31-39)41-22-27-57-49(33-41)51-35-43(24-29-59(51)63-57)61-53-18-7-4-15-45(53)46-16-5-8-19-54(46)61/h1-36H. The molecule has 0 bridgehead atoms. The number of furan rings is 2. The minimum atomic E-state index is 0.874. The van der Waals surface area contributed by atoms with Gasteiger partial charge < -0.3 is 18.0 Å². The molecule has 10 aromatic carbocycles. The predicted molar refractivity (Wildman–Crippen MR) is 266 cm³/mol. The van der Waals surface area contributed by atoms with Gasteiger partial charge in [-0.3, -0.25) is 0 Å². The molecule has 298 valence electrons. The van der Waals surface area contributed by atoms with Crippen molar-refractivity contribution in [2.45, 2.75) is 0 Å². The third-order valence-electron chi connectivity index (χ3n) is 13.3.